The molecule has 3 aromatic rings. The van der Waals surface area contributed by atoms with E-state index in [1.165, 1.54) is 22.3 Å². The van der Waals surface area contributed by atoms with Gasteiger partial charge in [0.25, 0.3) is 0 Å². The fourth-order valence-electron chi connectivity index (χ4n) is 5.38. The summed E-state index contributed by atoms with van der Waals surface area (Å²) in [6.07, 6.45) is 1.63. The quantitative estimate of drug-likeness (QED) is 0.394. The fourth-order valence-corrected chi connectivity index (χ4v) is 5.64. The van der Waals surface area contributed by atoms with E-state index in [4.69, 9.17) is 11.6 Å². The predicted octanol–water partition coefficient (Wildman–Crippen LogP) is 5.93. The first-order valence-corrected chi connectivity index (χ1v) is 12.6. The molecular formula is C29H33Cl2N3O. The number of fused-ring (bicyclic) bond motifs is 3. The second-order valence-corrected chi connectivity index (χ2v) is 9.80. The van der Waals surface area contributed by atoms with Crippen molar-refractivity contribution in [3.63, 3.8) is 0 Å². The maximum absolute atomic E-state index is 12.9. The molecule has 184 valence electrons. The summed E-state index contributed by atoms with van der Waals surface area (Å²) in [6.45, 7) is 4.92. The number of piperazine rings is 1. The van der Waals surface area contributed by atoms with Gasteiger partial charge in [-0.1, -0.05) is 72.3 Å². The molecule has 1 fully saturated rings. The van der Waals surface area contributed by atoms with E-state index >= 15 is 0 Å². The monoisotopic (exact) mass is 509 g/mol. The first-order valence-electron chi connectivity index (χ1n) is 12.3. The number of carbonyl (C=O) groups excluding carboxylic acids is 1. The minimum absolute atomic E-state index is 0. The molecule has 35 heavy (non-hydrogen) atoms. The van der Waals surface area contributed by atoms with E-state index < -0.39 is 0 Å². The van der Waals surface area contributed by atoms with E-state index in [2.05, 4.69) is 71.4 Å². The van der Waals surface area contributed by atoms with Crippen molar-refractivity contribution >= 4 is 35.6 Å². The maximum Gasteiger partial charge on any atom is 0.223 e. The van der Waals surface area contributed by atoms with Gasteiger partial charge in [-0.05, 0) is 54.4 Å². The van der Waals surface area contributed by atoms with Gasteiger partial charge in [-0.25, -0.2) is 0 Å². The van der Waals surface area contributed by atoms with Crippen LogP contribution >= 0.6 is 24.0 Å². The van der Waals surface area contributed by atoms with Gasteiger partial charge >= 0.3 is 0 Å². The number of hydrogen-bond donors (Lipinski definition) is 0. The average Bonchev–Trinajstić information content (AvgIpc) is 3.20. The van der Waals surface area contributed by atoms with Gasteiger partial charge in [0, 0.05) is 45.1 Å². The van der Waals surface area contributed by atoms with Crippen LogP contribution in [-0.4, -0.2) is 62.0 Å². The van der Waals surface area contributed by atoms with Crippen LogP contribution < -0.4 is 4.90 Å². The van der Waals surface area contributed by atoms with Gasteiger partial charge in [-0.2, -0.15) is 0 Å². The molecule has 1 saturated heterocycles. The second kappa shape index (κ2) is 11.5. The van der Waals surface area contributed by atoms with Crippen molar-refractivity contribution < 1.29 is 4.79 Å². The first-order chi connectivity index (χ1) is 16.6. The Balaban J connectivity index is 0.00000289. The van der Waals surface area contributed by atoms with Crippen LogP contribution in [0.2, 0.25) is 5.02 Å². The lowest BCUT2D eigenvalue weighted by atomic mass is 9.93. The minimum Gasteiger partial charge on any atom is -0.367 e. The zero-order chi connectivity index (χ0) is 23.5. The van der Waals surface area contributed by atoms with Crippen LogP contribution in [0.25, 0.3) is 11.1 Å². The third-order valence-electron chi connectivity index (χ3n) is 7.29. The Labute approximate surface area is 219 Å². The maximum atomic E-state index is 12.9. The van der Waals surface area contributed by atoms with Crippen molar-refractivity contribution in [1.29, 1.82) is 0 Å². The highest BCUT2D eigenvalue weighted by molar-refractivity contribution is 6.33. The highest BCUT2D eigenvalue weighted by atomic mass is 35.5. The molecule has 1 heterocycles. The van der Waals surface area contributed by atoms with Crippen molar-refractivity contribution in [3.8, 4) is 11.1 Å². The van der Waals surface area contributed by atoms with Crippen molar-refractivity contribution in [1.82, 2.24) is 9.80 Å². The number of benzene rings is 3. The molecule has 0 unspecified atom stereocenters. The summed E-state index contributed by atoms with van der Waals surface area (Å²) in [6, 6.07) is 25.5. The van der Waals surface area contributed by atoms with Crippen LogP contribution in [0.15, 0.2) is 72.8 Å². The Morgan fingerprint density at radius 1 is 0.857 bits per heavy atom. The van der Waals surface area contributed by atoms with Crippen LogP contribution in [0.5, 0.6) is 0 Å². The zero-order valence-electron chi connectivity index (χ0n) is 20.2. The number of nitrogens with zero attached hydrogens (tertiary/aromatic N) is 3. The molecule has 0 atom stereocenters. The van der Waals surface area contributed by atoms with Crippen molar-refractivity contribution in [2.45, 2.75) is 18.8 Å². The lowest BCUT2D eigenvalue weighted by Gasteiger charge is -2.36. The van der Waals surface area contributed by atoms with Gasteiger partial charge in [-0.15, -0.1) is 12.4 Å². The van der Waals surface area contributed by atoms with Crippen molar-refractivity contribution in [2.75, 3.05) is 51.2 Å². The van der Waals surface area contributed by atoms with E-state index in [1.54, 1.807) is 0 Å². The smallest absolute Gasteiger partial charge is 0.223 e. The number of para-hydroxylation sites is 1. The molecule has 0 spiro atoms. The summed E-state index contributed by atoms with van der Waals surface area (Å²) in [5, 5.41) is 0.774. The summed E-state index contributed by atoms with van der Waals surface area (Å²) in [5.41, 5.74) is 6.67. The number of carbonyl (C=O) groups is 1. The molecule has 0 bridgehead atoms. The molecule has 6 heteroatoms. The summed E-state index contributed by atoms with van der Waals surface area (Å²) < 4.78 is 0. The Hall–Kier alpha value is -2.53. The van der Waals surface area contributed by atoms with E-state index in [-0.39, 0.29) is 18.3 Å². The molecule has 0 N–H and O–H groups in total. The van der Waals surface area contributed by atoms with Crippen LogP contribution in [0.1, 0.15) is 29.9 Å². The third kappa shape index (κ3) is 5.50. The molecule has 0 radical (unpaired) electrons. The standard InChI is InChI=1S/C29H32ClN3O.ClH/c1-31(16-14-26-24-10-4-2-8-22(24)23-9-3-5-11-25(23)26)17-15-29(34)33-20-18-32(19-21-33)28-13-7-6-12-27(28)30;/h2-13,26H,14-21H2,1H3;1H. The molecule has 3 aromatic carbocycles. The zero-order valence-corrected chi connectivity index (χ0v) is 21.8. The van der Waals surface area contributed by atoms with E-state index in [0.29, 0.717) is 12.3 Å². The number of rotatable bonds is 7. The Kier molecular flexibility index (Phi) is 8.38. The average molecular weight is 511 g/mol. The lowest BCUT2D eigenvalue weighted by Crippen LogP contribution is -2.49. The topological polar surface area (TPSA) is 26.8 Å². The summed E-state index contributed by atoms with van der Waals surface area (Å²) in [4.78, 5) is 19.4. The number of anilines is 1. The van der Waals surface area contributed by atoms with Crippen LogP contribution in [0.4, 0.5) is 5.69 Å². The molecule has 1 aliphatic carbocycles. The molecule has 1 amide bonds. The van der Waals surface area contributed by atoms with E-state index in [9.17, 15) is 4.79 Å². The molecule has 2 aliphatic rings. The van der Waals surface area contributed by atoms with Crippen LogP contribution in [0, 0.1) is 0 Å². The first kappa shape index (κ1) is 25.6. The molecular weight excluding hydrogens is 477 g/mol. The van der Waals surface area contributed by atoms with Crippen molar-refractivity contribution in [2.24, 2.45) is 0 Å². The number of halogens is 2. The van der Waals surface area contributed by atoms with Gasteiger partial charge < -0.3 is 14.7 Å². The highest BCUT2D eigenvalue weighted by Gasteiger charge is 2.28. The normalized spacial score (nSPS) is 15.1. The number of hydrogen-bond acceptors (Lipinski definition) is 3. The van der Waals surface area contributed by atoms with Gasteiger partial charge in [0.15, 0.2) is 0 Å². The molecule has 4 nitrogen and oxygen atoms in total. The van der Waals surface area contributed by atoms with Crippen LogP contribution in [0.3, 0.4) is 0 Å². The van der Waals surface area contributed by atoms with E-state index in [0.717, 1.165) is 56.4 Å². The SMILES string of the molecule is CN(CCC(=O)N1CCN(c2ccccc2Cl)CC1)CCC1c2ccccc2-c2ccccc21.Cl. The lowest BCUT2D eigenvalue weighted by molar-refractivity contribution is -0.131. The Morgan fingerprint density at radius 2 is 1.43 bits per heavy atom. The minimum atomic E-state index is 0. The summed E-state index contributed by atoms with van der Waals surface area (Å²) in [7, 11) is 2.13. The second-order valence-electron chi connectivity index (χ2n) is 9.39. The molecule has 1 aliphatic heterocycles. The molecule has 0 saturated carbocycles. The predicted molar refractivity (Wildman–Crippen MR) is 148 cm³/mol. The van der Waals surface area contributed by atoms with E-state index in [1.807, 2.05) is 23.1 Å². The van der Waals surface area contributed by atoms with Gasteiger partial charge in [-0.3, -0.25) is 4.79 Å². The van der Waals surface area contributed by atoms with Gasteiger partial charge in [0.1, 0.15) is 0 Å². The Morgan fingerprint density at radius 3 is 2.06 bits per heavy atom. The third-order valence-corrected chi connectivity index (χ3v) is 7.61. The van der Waals surface area contributed by atoms with Gasteiger partial charge in [0.05, 0.1) is 10.7 Å². The van der Waals surface area contributed by atoms with Crippen molar-refractivity contribution in [3.05, 3.63) is 88.9 Å². The largest absolute Gasteiger partial charge is 0.367 e. The summed E-state index contributed by atoms with van der Waals surface area (Å²) >= 11 is 6.35. The highest BCUT2D eigenvalue weighted by Crippen LogP contribution is 2.46. The summed E-state index contributed by atoms with van der Waals surface area (Å²) in [5.74, 6) is 0.686. The van der Waals surface area contributed by atoms with Crippen LogP contribution in [-0.2, 0) is 4.79 Å². The fraction of sp³-hybridized carbons (Fsp3) is 0.345. The molecule has 0 aromatic heterocycles. The number of amides is 1. The molecule has 5 rings (SSSR count). The van der Waals surface area contributed by atoms with Gasteiger partial charge in [0.2, 0.25) is 5.91 Å². The Bertz CT molecular complexity index is 1110.